The fourth-order valence-electron chi connectivity index (χ4n) is 3.32. The summed E-state index contributed by atoms with van der Waals surface area (Å²) in [6.45, 7) is 7.08. The molecular formula is C22H22ClN3O3. The molecule has 1 fully saturated rings. The zero-order valence-electron chi connectivity index (χ0n) is 16.4. The van der Waals surface area contributed by atoms with Gasteiger partial charge >= 0.3 is 5.97 Å². The Bertz CT molecular complexity index is 1050. The van der Waals surface area contributed by atoms with E-state index in [2.05, 4.69) is 14.9 Å². The number of rotatable bonds is 4. The molecule has 1 aromatic carbocycles. The average molecular weight is 412 g/mol. The van der Waals surface area contributed by atoms with Crippen LogP contribution in [0.2, 0.25) is 5.15 Å². The van der Waals surface area contributed by atoms with Crippen LogP contribution in [0.1, 0.15) is 27.0 Å². The molecule has 6 nitrogen and oxygen atoms in total. The molecule has 3 heterocycles. The Morgan fingerprint density at radius 2 is 2.00 bits per heavy atom. The zero-order valence-corrected chi connectivity index (χ0v) is 17.2. The largest absolute Gasteiger partial charge is 0.457 e. The number of carbonyl (C=O) groups excluding carboxylic acids is 1. The highest BCUT2D eigenvalue weighted by Crippen LogP contribution is 2.25. The van der Waals surface area contributed by atoms with Gasteiger partial charge < -0.3 is 14.4 Å². The maximum Gasteiger partial charge on any atom is 0.340 e. The summed E-state index contributed by atoms with van der Waals surface area (Å²) in [4.78, 5) is 23.4. The summed E-state index contributed by atoms with van der Waals surface area (Å²) < 4.78 is 10.8. The van der Waals surface area contributed by atoms with Crippen LogP contribution >= 0.6 is 11.6 Å². The Hall–Kier alpha value is -2.70. The van der Waals surface area contributed by atoms with Crippen molar-refractivity contribution in [2.75, 3.05) is 31.2 Å². The van der Waals surface area contributed by atoms with Gasteiger partial charge in [0.15, 0.2) is 0 Å². The van der Waals surface area contributed by atoms with Gasteiger partial charge in [-0.2, -0.15) is 0 Å². The van der Waals surface area contributed by atoms with Crippen LogP contribution in [0.5, 0.6) is 0 Å². The molecule has 150 valence electrons. The van der Waals surface area contributed by atoms with Gasteiger partial charge in [-0.3, -0.25) is 0 Å². The number of morpholine rings is 1. The van der Waals surface area contributed by atoms with Crippen molar-refractivity contribution in [2.24, 2.45) is 0 Å². The Morgan fingerprint density at radius 3 is 2.72 bits per heavy atom. The molecule has 0 radical (unpaired) electrons. The third kappa shape index (κ3) is 4.18. The van der Waals surface area contributed by atoms with Gasteiger partial charge in [-0.05, 0) is 43.2 Å². The lowest BCUT2D eigenvalue weighted by molar-refractivity contribution is 0.0472. The number of carbonyl (C=O) groups is 1. The number of aryl methyl sites for hydroxylation is 2. The predicted molar refractivity (Wildman–Crippen MR) is 113 cm³/mol. The van der Waals surface area contributed by atoms with Crippen molar-refractivity contribution in [1.82, 2.24) is 9.97 Å². The summed E-state index contributed by atoms with van der Waals surface area (Å²) in [6.07, 6.45) is 1.54. The van der Waals surface area contributed by atoms with Gasteiger partial charge in [0, 0.05) is 30.2 Å². The first-order chi connectivity index (χ1) is 14.0. The van der Waals surface area contributed by atoms with Crippen LogP contribution in [-0.2, 0) is 16.1 Å². The van der Waals surface area contributed by atoms with E-state index in [-0.39, 0.29) is 6.61 Å². The molecule has 1 aliphatic rings. The highest BCUT2D eigenvalue weighted by atomic mass is 35.5. The Labute approximate surface area is 174 Å². The van der Waals surface area contributed by atoms with E-state index in [4.69, 9.17) is 21.1 Å². The van der Waals surface area contributed by atoms with Gasteiger partial charge in [0.2, 0.25) is 0 Å². The summed E-state index contributed by atoms with van der Waals surface area (Å²) in [6, 6.07) is 9.53. The van der Waals surface area contributed by atoms with E-state index in [1.807, 2.05) is 38.1 Å². The molecule has 29 heavy (non-hydrogen) atoms. The maximum absolute atomic E-state index is 12.4. The Balaban J connectivity index is 1.45. The lowest BCUT2D eigenvalue weighted by Gasteiger charge is -2.27. The minimum Gasteiger partial charge on any atom is -0.457 e. The Morgan fingerprint density at radius 1 is 1.21 bits per heavy atom. The van der Waals surface area contributed by atoms with Gasteiger partial charge in [0.25, 0.3) is 0 Å². The molecule has 2 aromatic heterocycles. The van der Waals surface area contributed by atoms with Gasteiger partial charge in [0.1, 0.15) is 17.6 Å². The summed E-state index contributed by atoms with van der Waals surface area (Å²) in [5, 5.41) is 1.32. The number of aromatic nitrogens is 2. The lowest BCUT2D eigenvalue weighted by Crippen LogP contribution is -2.36. The number of esters is 1. The first-order valence-electron chi connectivity index (χ1n) is 9.54. The smallest absolute Gasteiger partial charge is 0.340 e. The van der Waals surface area contributed by atoms with Crippen LogP contribution in [0.25, 0.3) is 10.9 Å². The van der Waals surface area contributed by atoms with E-state index in [0.29, 0.717) is 29.5 Å². The number of nitrogens with zero attached hydrogens (tertiary/aromatic N) is 3. The molecule has 3 aromatic rings. The molecule has 7 heteroatoms. The van der Waals surface area contributed by atoms with Crippen molar-refractivity contribution in [3.8, 4) is 0 Å². The molecule has 0 N–H and O–H groups in total. The second kappa shape index (κ2) is 8.35. The SMILES string of the molecule is Cc1ccc2cc(COC(=O)c3ccc(N4CCOCC4)nc3)c(Cl)nc2c1C. The number of pyridine rings is 2. The highest BCUT2D eigenvalue weighted by molar-refractivity contribution is 6.30. The van der Waals surface area contributed by atoms with Crippen LogP contribution < -0.4 is 4.90 Å². The summed E-state index contributed by atoms with van der Waals surface area (Å²) in [5.74, 6) is 0.388. The van der Waals surface area contributed by atoms with Gasteiger partial charge in [-0.15, -0.1) is 0 Å². The van der Waals surface area contributed by atoms with E-state index in [9.17, 15) is 4.79 Å². The zero-order chi connectivity index (χ0) is 20.4. The minimum atomic E-state index is -0.442. The van der Waals surface area contributed by atoms with Crippen LogP contribution in [0.3, 0.4) is 0 Å². The van der Waals surface area contributed by atoms with E-state index >= 15 is 0 Å². The summed E-state index contributed by atoms with van der Waals surface area (Å²) in [7, 11) is 0. The van der Waals surface area contributed by atoms with Crippen molar-refractivity contribution in [1.29, 1.82) is 0 Å². The lowest BCUT2D eigenvalue weighted by atomic mass is 10.0. The Kier molecular flexibility index (Phi) is 5.65. The summed E-state index contributed by atoms with van der Waals surface area (Å²) in [5.41, 5.74) is 4.20. The molecule has 1 saturated heterocycles. The van der Waals surface area contributed by atoms with Crippen LogP contribution in [0, 0.1) is 13.8 Å². The predicted octanol–water partition coefficient (Wildman–Crippen LogP) is 4.09. The fourth-order valence-corrected chi connectivity index (χ4v) is 3.51. The molecule has 0 saturated carbocycles. The fraction of sp³-hybridized carbons (Fsp3) is 0.318. The van der Waals surface area contributed by atoms with Crippen molar-refractivity contribution in [3.63, 3.8) is 0 Å². The third-order valence-corrected chi connectivity index (χ3v) is 5.54. The number of hydrogen-bond acceptors (Lipinski definition) is 6. The van der Waals surface area contributed by atoms with Crippen LogP contribution in [-0.4, -0.2) is 42.2 Å². The minimum absolute atomic E-state index is 0.0543. The second-order valence-electron chi connectivity index (χ2n) is 7.10. The van der Waals surface area contributed by atoms with E-state index in [1.54, 1.807) is 12.3 Å². The number of hydrogen-bond donors (Lipinski definition) is 0. The van der Waals surface area contributed by atoms with E-state index in [0.717, 1.165) is 40.9 Å². The summed E-state index contributed by atoms with van der Waals surface area (Å²) >= 11 is 6.33. The number of ether oxygens (including phenoxy) is 2. The van der Waals surface area contributed by atoms with E-state index in [1.165, 1.54) is 0 Å². The monoisotopic (exact) mass is 411 g/mol. The van der Waals surface area contributed by atoms with Gasteiger partial charge in [-0.25, -0.2) is 14.8 Å². The number of benzene rings is 1. The number of anilines is 1. The van der Waals surface area contributed by atoms with Crippen molar-refractivity contribution in [2.45, 2.75) is 20.5 Å². The topological polar surface area (TPSA) is 64.5 Å². The molecule has 1 aliphatic heterocycles. The van der Waals surface area contributed by atoms with E-state index < -0.39 is 5.97 Å². The highest BCUT2D eigenvalue weighted by Gasteiger charge is 2.15. The molecular weight excluding hydrogens is 390 g/mol. The molecule has 4 rings (SSSR count). The van der Waals surface area contributed by atoms with Crippen molar-refractivity contribution in [3.05, 3.63) is 63.9 Å². The normalized spacial score (nSPS) is 14.2. The second-order valence-corrected chi connectivity index (χ2v) is 7.46. The van der Waals surface area contributed by atoms with Crippen molar-refractivity contribution >= 4 is 34.3 Å². The van der Waals surface area contributed by atoms with Gasteiger partial charge in [-0.1, -0.05) is 23.7 Å². The molecule has 0 unspecified atom stereocenters. The number of fused-ring (bicyclic) bond motifs is 1. The van der Waals surface area contributed by atoms with Gasteiger partial charge in [0.05, 0.1) is 24.3 Å². The number of halogens is 1. The van der Waals surface area contributed by atoms with Crippen molar-refractivity contribution < 1.29 is 14.3 Å². The van der Waals surface area contributed by atoms with Crippen LogP contribution in [0.4, 0.5) is 5.82 Å². The first-order valence-corrected chi connectivity index (χ1v) is 9.92. The molecule has 0 amide bonds. The average Bonchev–Trinajstić information content (AvgIpc) is 2.76. The molecule has 0 atom stereocenters. The first kappa shape index (κ1) is 19.6. The third-order valence-electron chi connectivity index (χ3n) is 5.22. The van der Waals surface area contributed by atoms with Crippen LogP contribution in [0.15, 0.2) is 36.5 Å². The standard InChI is InChI=1S/C22H22ClN3O3/c1-14-3-4-16-11-18(21(23)25-20(16)15(14)2)13-29-22(27)17-5-6-19(24-12-17)26-7-9-28-10-8-26/h3-6,11-12H,7-10,13H2,1-2H3. The molecule has 0 spiro atoms. The maximum atomic E-state index is 12.4. The molecule has 0 aliphatic carbocycles. The molecule has 0 bridgehead atoms. The quantitative estimate of drug-likeness (QED) is 0.476.